The van der Waals surface area contributed by atoms with Crippen molar-refractivity contribution < 1.29 is 19.1 Å². The first kappa shape index (κ1) is 16.1. The smallest absolute Gasteiger partial charge is 0.337 e. The summed E-state index contributed by atoms with van der Waals surface area (Å²) in [6.07, 6.45) is 3.26. The molecule has 1 aromatic heterocycles. The number of methoxy groups -OCH3 is 1. The Labute approximate surface area is 149 Å². The van der Waals surface area contributed by atoms with Crippen LogP contribution in [0.1, 0.15) is 33.7 Å². The van der Waals surface area contributed by atoms with Crippen molar-refractivity contribution in [1.29, 1.82) is 0 Å². The minimum Gasteiger partial charge on any atom is -0.508 e. The topological polar surface area (TPSA) is 76.7 Å². The molecule has 1 N–H and O–H groups in total. The first-order chi connectivity index (χ1) is 12.6. The summed E-state index contributed by atoms with van der Waals surface area (Å²) < 4.78 is 10.7. The zero-order valence-electron chi connectivity index (χ0n) is 14.1. The molecule has 5 nitrogen and oxygen atoms in total. The van der Waals surface area contributed by atoms with E-state index in [0.717, 1.165) is 11.1 Å². The average molecular weight is 348 g/mol. The molecule has 26 heavy (non-hydrogen) atoms. The van der Waals surface area contributed by atoms with Crippen LogP contribution in [0.5, 0.6) is 5.75 Å². The third kappa shape index (κ3) is 2.67. The molecule has 1 aliphatic rings. The molecule has 0 unspecified atom stereocenters. The highest BCUT2D eigenvalue weighted by molar-refractivity contribution is 5.95. The highest BCUT2D eigenvalue weighted by atomic mass is 16.5. The fourth-order valence-electron chi connectivity index (χ4n) is 3.25. The summed E-state index contributed by atoms with van der Waals surface area (Å²) in [7, 11) is 1.30. The van der Waals surface area contributed by atoms with Crippen molar-refractivity contribution in [1.82, 2.24) is 0 Å². The summed E-state index contributed by atoms with van der Waals surface area (Å²) in [6.45, 7) is 0. The van der Waals surface area contributed by atoms with Crippen LogP contribution < -0.4 is 5.43 Å². The number of carbonyl (C=O) groups is 1. The van der Waals surface area contributed by atoms with E-state index in [4.69, 9.17) is 9.15 Å². The summed E-state index contributed by atoms with van der Waals surface area (Å²) in [5.74, 6) is 0.319. The molecule has 0 saturated carbocycles. The summed E-state index contributed by atoms with van der Waals surface area (Å²) in [5, 5.41) is 9.78. The number of ether oxygens (including phenoxy) is 1. The van der Waals surface area contributed by atoms with Crippen LogP contribution >= 0.6 is 0 Å². The van der Waals surface area contributed by atoms with Gasteiger partial charge in [-0.2, -0.15) is 0 Å². The van der Waals surface area contributed by atoms with Crippen LogP contribution in [0.3, 0.4) is 0 Å². The summed E-state index contributed by atoms with van der Waals surface area (Å²) in [5.41, 5.74) is 3.16. The number of benzene rings is 2. The number of hydrogen-bond acceptors (Lipinski definition) is 5. The number of phenolic OH excluding ortho intramolecular Hbond substituents is 1. The van der Waals surface area contributed by atoms with Gasteiger partial charge in [-0.25, -0.2) is 4.79 Å². The van der Waals surface area contributed by atoms with Gasteiger partial charge in [0.05, 0.1) is 18.1 Å². The molecule has 0 fully saturated rings. The van der Waals surface area contributed by atoms with E-state index in [1.54, 1.807) is 24.3 Å². The third-order valence-corrected chi connectivity index (χ3v) is 4.58. The van der Waals surface area contributed by atoms with Gasteiger partial charge in [-0.3, -0.25) is 4.79 Å². The van der Waals surface area contributed by atoms with Crippen molar-refractivity contribution in [3.63, 3.8) is 0 Å². The van der Waals surface area contributed by atoms with Crippen LogP contribution in [-0.4, -0.2) is 18.2 Å². The second-order valence-electron chi connectivity index (χ2n) is 6.20. The number of hydrogen-bond donors (Lipinski definition) is 1. The van der Waals surface area contributed by atoms with E-state index in [2.05, 4.69) is 0 Å². The van der Waals surface area contributed by atoms with Crippen LogP contribution in [0, 0.1) is 0 Å². The number of aromatic hydroxyl groups is 1. The van der Waals surface area contributed by atoms with Gasteiger partial charge in [-0.05, 0) is 60.4 Å². The van der Waals surface area contributed by atoms with Crippen LogP contribution in [-0.2, 0) is 11.2 Å². The number of rotatable bonds is 2. The Kier molecular flexibility index (Phi) is 3.84. The van der Waals surface area contributed by atoms with Crippen molar-refractivity contribution in [3.05, 3.63) is 75.1 Å². The SMILES string of the molecule is COC(=O)c1ccc2oc3c(c(=O)c2c1)CCC3=Cc1ccc(O)cc1. The van der Waals surface area contributed by atoms with Gasteiger partial charge in [0, 0.05) is 5.56 Å². The van der Waals surface area contributed by atoms with Crippen LogP contribution in [0.25, 0.3) is 22.6 Å². The Morgan fingerprint density at radius 3 is 2.65 bits per heavy atom. The van der Waals surface area contributed by atoms with Gasteiger partial charge in [0.1, 0.15) is 17.1 Å². The Balaban J connectivity index is 1.84. The molecule has 0 bridgehead atoms. The molecule has 0 radical (unpaired) electrons. The van der Waals surface area contributed by atoms with Crippen molar-refractivity contribution in [3.8, 4) is 5.75 Å². The van der Waals surface area contributed by atoms with E-state index in [0.29, 0.717) is 40.7 Å². The fourth-order valence-corrected chi connectivity index (χ4v) is 3.25. The van der Waals surface area contributed by atoms with Crippen molar-refractivity contribution in [2.75, 3.05) is 7.11 Å². The lowest BCUT2D eigenvalue weighted by Crippen LogP contribution is -2.10. The van der Waals surface area contributed by atoms with Crippen molar-refractivity contribution >= 4 is 28.6 Å². The molecule has 1 aliphatic carbocycles. The first-order valence-corrected chi connectivity index (χ1v) is 8.25. The molecule has 0 atom stereocenters. The molecule has 0 amide bonds. The minimum absolute atomic E-state index is 0.110. The molecular formula is C21H16O5. The highest BCUT2D eigenvalue weighted by Gasteiger charge is 2.24. The van der Waals surface area contributed by atoms with E-state index < -0.39 is 5.97 Å². The zero-order chi connectivity index (χ0) is 18.3. The summed E-state index contributed by atoms with van der Waals surface area (Å²) in [4.78, 5) is 24.6. The minimum atomic E-state index is -0.486. The monoisotopic (exact) mass is 348 g/mol. The predicted molar refractivity (Wildman–Crippen MR) is 98.1 cm³/mol. The predicted octanol–water partition coefficient (Wildman–Crippen LogP) is 3.77. The van der Waals surface area contributed by atoms with Gasteiger partial charge in [-0.1, -0.05) is 12.1 Å². The van der Waals surface area contributed by atoms with E-state index >= 15 is 0 Å². The third-order valence-electron chi connectivity index (χ3n) is 4.58. The number of allylic oxidation sites excluding steroid dienone is 1. The number of phenols is 1. The summed E-state index contributed by atoms with van der Waals surface area (Å²) >= 11 is 0. The molecule has 0 spiro atoms. The first-order valence-electron chi connectivity index (χ1n) is 8.25. The van der Waals surface area contributed by atoms with E-state index in [9.17, 15) is 14.7 Å². The van der Waals surface area contributed by atoms with Gasteiger partial charge >= 0.3 is 5.97 Å². The molecule has 0 aliphatic heterocycles. The fraction of sp³-hybridized carbons (Fsp3) is 0.143. The van der Waals surface area contributed by atoms with Crippen LogP contribution in [0.2, 0.25) is 0 Å². The van der Waals surface area contributed by atoms with E-state index in [1.807, 2.05) is 18.2 Å². The second-order valence-corrected chi connectivity index (χ2v) is 6.20. The lowest BCUT2D eigenvalue weighted by Gasteiger charge is -2.05. The molecule has 130 valence electrons. The van der Waals surface area contributed by atoms with Gasteiger partial charge in [0.15, 0.2) is 5.43 Å². The highest BCUT2D eigenvalue weighted by Crippen LogP contribution is 2.34. The molecule has 3 aromatic rings. The van der Waals surface area contributed by atoms with E-state index in [-0.39, 0.29) is 11.2 Å². The summed E-state index contributed by atoms with van der Waals surface area (Å²) in [6, 6.07) is 11.6. The zero-order valence-corrected chi connectivity index (χ0v) is 14.1. The lowest BCUT2D eigenvalue weighted by atomic mass is 10.1. The van der Waals surface area contributed by atoms with Gasteiger partial charge in [0.25, 0.3) is 0 Å². The van der Waals surface area contributed by atoms with Gasteiger partial charge < -0.3 is 14.3 Å². The Hall–Kier alpha value is -3.34. The van der Waals surface area contributed by atoms with Crippen LogP contribution in [0.4, 0.5) is 0 Å². The molecule has 5 heteroatoms. The Bertz CT molecular complexity index is 1100. The Morgan fingerprint density at radius 1 is 1.15 bits per heavy atom. The Morgan fingerprint density at radius 2 is 1.92 bits per heavy atom. The molecule has 4 rings (SSSR count). The standard InChI is InChI=1S/C21H16O5/c1-25-21(24)14-5-9-18-17(11-14)19(23)16-8-4-13(20(16)26-18)10-12-2-6-15(22)7-3-12/h2-3,5-7,9-11,22H,4,8H2,1H3. The molecule has 1 heterocycles. The van der Waals surface area contributed by atoms with Gasteiger partial charge in [0.2, 0.25) is 0 Å². The maximum Gasteiger partial charge on any atom is 0.337 e. The van der Waals surface area contributed by atoms with Crippen LogP contribution in [0.15, 0.2) is 51.7 Å². The average Bonchev–Trinajstić information content (AvgIpc) is 3.06. The molecular weight excluding hydrogens is 332 g/mol. The van der Waals surface area contributed by atoms with Gasteiger partial charge in [-0.15, -0.1) is 0 Å². The quantitative estimate of drug-likeness (QED) is 0.713. The van der Waals surface area contributed by atoms with Crippen molar-refractivity contribution in [2.24, 2.45) is 0 Å². The number of carbonyl (C=O) groups excluding carboxylic acids is 1. The number of fused-ring (bicyclic) bond motifs is 2. The maximum absolute atomic E-state index is 12.9. The normalized spacial score (nSPS) is 14.6. The molecule has 0 saturated heterocycles. The van der Waals surface area contributed by atoms with E-state index in [1.165, 1.54) is 13.2 Å². The second kappa shape index (κ2) is 6.19. The van der Waals surface area contributed by atoms with Crippen molar-refractivity contribution in [2.45, 2.75) is 12.8 Å². The molecule has 2 aromatic carbocycles. The lowest BCUT2D eigenvalue weighted by molar-refractivity contribution is 0.0601. The number of esters is 1. The maximum atomic E-state index is 12.9. The largest absolute Gasteiger partial charge is 0.508 e.